The van der Waals surface area contributed by atoms with Crippen molar-refractivity contribution in [2.24, 2.45) is 0 Å². The first-order valence-electron chi connectivity index (χ1n) is 8.30. The van der Waals surface area contributed by atoms with E-state index in [0.717, 1.165) is 26.2 Å². The van der Waals surface area contributed by atoms with E-state index >= 15 is 0 Å². The van der Waals surface area contributed by atoms with Crippen molar-refractivity contribution in [3.05, 3.63) is 22.4 Å². The Morgan fingerprint density at radius 1 is 1.26 bits per heavy atom. The first kappa shape index (κ1) is 16.7. The molecule has 3 rings (SSSR count). The van der Waals surface area contributed by atoms with E-state index in [9.17, 15) is 4.79 Å². The Bertz CT molecular complexity index is 482. The number of thiophene rings is 1. The zero-order chi connectivity index (χ0) is 16.1. The minimum absolute atomic E-state index is 0.0315. The van der Waals surface area contributed by atoms with Crippen molar-refractivity contribution in [2.45, 2.75) is 6.04 Å². The number of ether oxygens (including phenoxy) is 1. The molecule has 0 aliphatic carbocycles. The van der Waals surface area contributed by atoms with Crippen LogP contribution in [0.15, 0.2) is 17.5 Å². The number of amides is 2. The molecule has 6 nitrogen and oxygen atoms in total. The van der Waals surface area contributed by atoms with E-state index in [1.807, 2.05) is 4.90 Å². The van der Waals surface area contributed by atoms with Gasteiger partial charge in [0.05, 0.1) is 19.3 Å². The van der Waals surface area contributed by atoms with Crippen LogP contribution in [0, 0.1) is 0 Å². The molecule has 3 heterocycles. The van der Waals surface area contributed by atoms with Gasteiger partial charge < -0.3 is 19.9 Å². The van der Waals surface area contributed by atoms with Crippen LogP contribution in [-0.2, 0) is 4.74 Å². The number of carbonyl (C=O) groups excluding carboxylic acids is 1. The second-order valence-corrected chi connectivity index (χ2v) is 7.14. The molecule has 0 spiro atoms. The molecule has 0 bridgehead atoms. The fourth-order valence-corrected chi connectivity index (χ4v) is 3.95. The SMILES string of the molecule is CN1CCN([C@@H](CNC(=O)N2CCOCC2)c2cccs2)CC1. The van der Waals surface area contributed by atoms with Gasteiger partial charge in [-0.05, 0) is 18.5 Å². The standard InChI is InChI=1S/C16H26N4O2S/c1-18-4-6-19(7-5-18)14(15-3-2-12-23-15)13-17-16(21)20-8-10-22-11-9-20/h2-3,12,14H,4-11,13H2,1H3,(H,17,21)/t14-/m0/s1. The van der Waals surface area contributed by atoms with Crippen LogP contribution in [0.4, 0.5) is 4.79 Å². The van der Waals surface area contributed by atoms with E-state index in [1.165, 1.54) is 4.88 Å². The molecule has 2 aliphatic rings. The van der Waals surface area contributed by atoms with Gasteiger partial charge in [-0.3, -0.25) is 4.90 Å². The van der Waals surface area contributed by atoms with Gasteiger partial charge in [0.25, 0.3) is 0 Å². The molecule has 128 valence electrons. The maximum Gasteiger partial charge on any atom is 0.317 e. The molecule has 23 heavy (non-hydrogen) atoms. The fourth-order valence-electron chi connectivity index (χ4n) is 3.09. The molecule has 0 radical (unpaired) electrons. The van der Waals surface area contributed by atoms with Gasteiger partial charge in [0.1, 0.15) is 0 Å². The number of carbonyl (C=O) groups is 1. The lowest BCUT2D eigenvalue weighted by molar-refractivity contribution is 0.0520. The lowest BCUT2D eigenvalue weighted by Gasteiger charge is -2.38. The number of hydrogen-bond donors (Lipinski definition) is 1. The summed E-state index contributed by atoms with van der Waals surface area (Å²) in [5, 5.41) is 5.25. The summed E-state index contributed by atoms with van der Waals surface area (Å²) in [6.07, 6.45) is 0. The number of hydrogen-bond acceptors (Lipinski definition) is 5. The minimum Gasteiger partial charge on any atom is -0.378 e. The van der Waals surface area contributed by atoms with Crippen LogP contribution >= 0.6 is 11.3 Å². The van der Waals surface area contributed by atoms with Gasteiger partial charge in [-0.15, -0.1) is 11.3 Å². The third kappa shape index (κ3) is 4.44. The van der Waals surface area contributed by atoms with Crippen LogP contribution in [0.2, 0.25) is 0 Å². The Balaban J connectivity index is 1.59. The van der Waals surface area contributed by atoms with Gasteiger partial charge in [-0.2, -0.15) is 0 Å². The number of likely N-dealkylation sites (N-methyl/N-ethyl adjacent to an activating group) is 1. The van der Waals surface area contributed by atoms with E-state index in [4.69, 9.17) is 4.74 Å². The molecule has 0 unspecified atom stereocenters. The smallest absolute Gasteiger partial charge is 0.317 e. The topological polar surface area (TPSA) is 48.0 Å². The third-order valence-electron chi connectivity index (χ3n) is 4.60. The van der Waals surface area contributed by atoms with Crippen molar-refractivity contribution < 1.29 is 9.53 Å². The number of rotatable bonds is 4. The average Bonchev–Trinajstić information content (AvgIpc) is 3.11. The molecule has 2 aliphatic heterocycles. The number of piperazine rings is 1. The summed E-state index contributed by atoms with van der Waals surface area (Å²) in [6.45, 7) is 7.58. The first-order valence-corrected chi connectivity index (χ1v) is 9.18. The molecule has 1 aromatic rings. The van der Waals surface area contributed by atoms with Crippen molar-refractivity contribution in [1.82, 2.24) is 20.0 Å². The lowest BCUT2D eigenvalue weighted by atomic mass is 10.1. The predicted octanol–water partition coefficient (Wildman–Crippen LogP) is 1.08. The maximum absolute atomic E-state index is 12.3. The zero-order valence-electron chi connectivity index (χ0n) is 13.7. The summed E-state index contributed by atoms with van der Waals surface area (Å²) in [6, 6.07) is 4.57. The Kier molecular flexibility index (Phi) is 5.88. The second kappa shape index (κ2) is 8.10. The van der Waals surface area contributed by atoms with Crippen molar-refractivity contribution in [3.8, 4) is 0 Å². The van der Waals surface area contributed by atoms with Gasteiger partial charge in [0.15, 0.2) is 0 Å². The summed E-state index contributed by atoms with van der Waals surface area (Å²) in [7, 11) is 2.16. The number of urea groups is 1. The van der Waals surface area contributed by atoms with Crippen LogP contribution in [0.5, 0.6) is 0 Å². The molecule has 7 heteroatoms. The number of morpholine rings is 1. The van der Waals surface area contributed by atoms with E-state index in [0.29, 0.717) is 32.8 Å². The van der Waals surface area contributed by atoms with Gasteiger partial charge in [0, 0.05) is 50.7 Å². The number of nitrogens with zero attached hydrogens (tertiary/aromatic N) is 3. The summed E-state index contributed by atoms with van der Waals surface area (Å²) >= 11 is 1.77. The summed E-state index contributed by atoms with van der Waals surface area (Å²) < 4.78 is 5.31. The Morgan fingerprint density at radius 2 is 2.00 bits per heavy atom. The Hall–Kier alpha value is -1.15. The molecule has 0 saturated carbocycles. The van der Waals surface area contributed by atoms with E-state index in [2.05, 4.69) is 39.7 Å². The van der Waals surface area contributed by atoms with Crippen molar-refractivity contribution in [1.29, 1.82) is 0 Å². The Labute approximate surface area is 142 Å². The van der Waals surface area contributed by atoms with Crippen LogP contribution in [0.1, 0.15) is 10.9 Å². The lowest BCUT2D eigenvalue weighted by Crippen LogP contribution is -2.51. The molecule has 1 atom stereocenters. The summed E-state index contributed by atoms with van der Waals surface area (Å²) in [4.78, 5) is 20.4. The van der Waals surface area contributed by atoms with E-state index in [1.54, 1.807) is 11.3 Å². The first-order chi connectivity index (χ1) is 11.2. The predicted molar refractivity (Wildman–Crippen MR) is 91.9 cm³/mol. The zero-order valence-corrected chi connectivity index (χ0v) is 14.6. The molecule has 2 amide bonds. The van der Waals surface area contributed by atoms with Crippen LogP contribution < -0.4 is 5.32 Å². The molecule has 2 saturated heterocycles. The second-order valence-electron chi connectivity index (χ2n) is 6.16. The van der Waals surface area contributed by atoms with Gasteiger partial charge in [-0.1, -0.05) is 6.07 Å². The molecule has 1 N–H and O–H groups in total. The maximum atomic E-state index is 12.3. The van der Waals surface area contributed by atoms with Crippen LogP contribution in [0.3, 0.4) is 0 Å². The van der Waals surface area contributed by atoms with Crippen LogP contribution in [0.25, 0.3) is 0 Å². The fraction of sp³-hybridized carbons (Fsp3) is 0.688. The van der Waals surface area contributed by atoms with Gasteiger partial charge in [0.2, 0.25) is 0 Å². The molecular weight excluding hydrogens is 312 g/mol. The van der Waals surface area contributed by atoms with Crippen molar-refractivity contribution >= 4 is 17.4 Å². The third-order valence-corrected chi connectivity index (χ3v) is 5.57. The van der Waals surface area contributed by atoms with Gasteiger partial charge in [-0.25, -0.2) is 4.79 Å². The quantitative estimate of drug-likeness (QED) is 0.892. The molecule has 1 aromatic heterocycles. The summed E-state index contributed by atoms with van der Waals surface area (Å²) in [5.41, 5.74) is 0. The van der Waals surface area contributed by atoms with Crippen molar-refractivity contribution in [3.63, 3.8) is 0 Å². The largest absolute Gasteiger partial charge is 0.378 e. The summed E-state index contributed by atoms with van der Waals surface area (Å²) in [5.74, 6) is 0. The highest BCUT2D eigenvalue weighted by molar-refractivity contribution is 7.10. The highest BCUT2D eigenvalue weighted by Crippen LogP contribution is 2.25. The highest BCUT2D eigenvalue weighted by atomic mass is 32.1. The van der Waals surface area contributed by atoms with E-state index < -0.39 is 0 Å². The average molecular weight is 338 g/mol. The normalized spacial score (nSPS) is 22.0. The minimum atomic E-state index is 0.0315. The molecule has 0 aromatic carbocycles. The number of nitrogens with one attached hydrogen (secondary N) is 1. The monoisotopic (exact) mass is 338 g/mol. The van der Waals surface area contributed by atoms with E-state index in [-0.39, 0.29) is 12.1 Å². The van der Waals surface area contributed by atoms with Crippen molar-refractivity contribution in [2.75, 3.05) is 66.1 Å². The Morgan fingerprint density at radius 3 is 2.65 bits per heavy atom. The van der Waals surface area contributed by atoms with Gasteiger partial charge >= 0.3 is 6.03 Å². The molecular formula is C16H26N4O2S. The highest BCUT2D eigenvalue weighted by Gasteiger charge is 2.26. The molecule has 2 fully saturated rings. The van der Waals surface area contributed by atoms with Crippen LogP contribution in [-0.4, -0.2) is 86.8 Å².